The zero-order valence-electron chi connectivity index (χ0n) is 15.2. The molecule has 2 aromatic rings. The van der Waals surface area contributed by atoms with Crippen molar-refractivity contribution in [3.8, 4) is 5.75 Å². The van der Waals surface area contributed by atoms with Crippen LogP contribution in [0.15, 0.2) is 41.3 Å². The van der Waals surface area contributed by atoms with E-state index in [1.54, 1.807) is 29.6 Å². The Morgan fingerprint density at radius 2 is 1.65 bits per heavy atom. The van der Waals surface area contributed by atoms with Crippen LogP contribution in [-0.4, -0.2) is 46.0 Å². The number of piperazine rings is 1. The number of hydrogen-bond donors (Lipinski definition) is 0. The van der Waals surface area contributed by atoms with Gasteiger partial charge in [-0.25, -0.2) is 8.42 Å². The van der Waals surface area contributed by atoms with Gasteiger partial charge in [0, 0.05) is 36.9 Å². The molecule has 0 N–H and O–H groups in total. The van der Waals surface area contributed by atoms with Crippen LogP contribution in [0.5, 0.6) is 5.75 Å². The Morgan fingerprint density at radius 3 is 2.23 bits per heavy atom. The van der Waals surface area contributed by atoms with E-state index in [1.165, 1.54) is 0 Å². The summed E-state index contributed by atoms with van der Waals surface area (Å²) < 4.78 is 32.6. The van der Waals surface area contributed by atoms with Crippen molar-refractivity contribution >= 4 is 27.3 Å². The van der Waals surface area contributed by atoms with Gasteiger partial charge in [-0.3, -0.25) is 0 Å². The second-order valence-corrected chi connectivity index (χ2v) is 8.80. The summed E-state index contributed by atoms with van der Waals surface area (Å²) in [6, 6.07) is 10.9. The molecule has 1 heterocycles. The molecule has 1 fully saturated rings. The van der Waals surface area contributed by atoms with Crippen LogP contribution in [0.3, 0.4) is 0 Å². The Kier molecular flexibility index (Phi) is 5.46. The van der Waals surface area contributed by atoms with Crippen LogP contribution in [-0.2, 0) is 10.0 Å². The highest BCUT2D eigenvalue weighted by Crippen LogP contribution is 2.27. The van der Waals surface area contributed by atoms with Crippen molar-refractivity contribution in [1.29, 1.82) is 0 Å². The lowest BCUT2D eigenvalue weighted by molar-refractivity contribution is 0.384. The molecule has 26 heavy (non-hydrogen) atoms. The molecular formula is C19H23ClN2O3S. The van der Waals surface area contributed by atoms with E-state index in [2.05, 4.69) is 4.90 Å². The molecule has 1 aliphatic rings. The molecule has 2 aromatic carbocycles. The second-order valence-electron chi connectivity index (χ2n) is 6.46. The van der Waals surface area contributed by atoms with Crippen molar-refractivity contribution < 1.29 is 13.2 Å². The summed E-state index contributed by atoms with van der Waals surface area (Å²) in [5.41, 5.74) is 2.87. The van der Waals surface area contributed by atoms with Gasteiger partial charge in [0.05, 0.1) is 12.0 Å². The summed E-state index contributed by atoms with van der Waals surface area (Å²) in [4.78, 5) is 2.47. The van der Waals surface area contributed by atoms with Crippen molar-refractivity contribution in [3.63, 3.8) is 0 Å². The monoisotopic (exact) mass is 394 g/mol. The number of benzene rings is 2. The summed E-state index contributed by atoms with van der Waals surface area (Å²) >= 11 is 6.21. The average Bonchev–Trinajstić information content (AvgIpc) is 2.64. The van der Waals surface area contributed by atoms with E-state index in [0.717, 1.165) is 21.8 Å². The summed E-state index contributed by atoms with van der Waals surface area (Å²) in [6.45, 7) is 5.96. The van der Waals surface area contributed by atoms with Gasteiger partial charge in [-0.05, 0) is 55.3 Å². The van der Waals surface area contributed by atoms with E-state index in [1.807, 2.05) is 32.0 Å². The molecule has 140 valence electrons. The largest absolute Gasteiger partial charge is 0.496 e. The molecule has 0 saturated carbocycles. The van der Waals surface area contributed by atoms with Crippen molar-refractivity contribution in [3.05, 3.63) is 52.5 Å². The fourth-order valence-corrected chi connectivity index (χ4v) is 4.81. The van der Waals surface area contributed by atoms with Crippen LogP contribution in [0.2, 0.25) is 5.02 Å². The van der Waals surface area contributed by atoms with Crippen molar-refractivity contribution in [2.75, 3.05) is 38.2 Å². The number of nitrogens with zero attached hydrogens (tertiary/aromatic N) is 2. The lowest BCUT2D eigenvalue weighted by Crippen LogP contribution is -2.48. The maximum atomic E-state index is 12.9. The molecule has 0 bridgehead atoms. The lowest BCUT2D eigenvalue weighted by atomic mass is 10.2. The maximum absolute atomic E-state index is 12.9. The first-order chi connectivity index (χ1) is 12.3. The van der Waals surface area contributed by atoms with Gasteiger partial charge in [0.1, 0.15) is 5.75 Å². The third-order valence-electron chi connectivity index (χ3n) is 4.76. The quantitative estimate of drug-likeness (QED) is 0.796. The highest BCUT2D eigenvalue weighted by Gasteiger charge is 2.29. The average molecular weight is 395 g/mol. The fraction of sp³-hybridized carbons (Fsp3) is 0.368. The zero-order chi connectivity index (χ0) is 18.9. The molecule has 5 nitrogen and oxygen atoms in total. The third kappa shape index (κ3) is 3.68. The predicted molar refractivity (Wildman–Crippen MR) is 105 cm³/mol. The molecule has 7 heteroatoms. The Balaban J connectivity index is 1.74. The molecule has 0 aromatic heterocycles. The molecule has 0 aliphatic carbocycles. The van der Waals surface area contributed by atoms with E-state index in [0.29, 0.717) is 36.8 Å². The lowest BCUT2D eigenvalue weighted by Gasteiger charge is -2.35. The number of methoxy groups -OCH3 is 1. The molecule has 1 saturated heterocycles. The van der Waals surface area contributed by atoms with Crippen LogP contribution in [0.1, 0.15) is 11.1 Å². The summed E-state index contributed by atoms with van der Waals surface area (Å²) in [5, 5.41) is 0.728. The highest BCUT2D eigenvalue weighted by molar-refractivity contribution is 7.89. The van der Waals surface area contributed by atoms with Crippen molar-refractivity contribution in [2.45, 2.75) is 18.7 Å². The molecule has 0 unspecified atom stereocenters. The van der Waals surface area contributed by atoms with Gasteiger partial charge in [-0.1, -0.05) is 17.7 Å². The van der Waals surface area contributed by atoms with E-state index >= 15 is 0 Å². The Labute approximate surface area is 160 Å². The smallest absolute Gasteiger partial charge is 0.243 e. The van der Waals surface area contributed by atoms with E-state index in [4.69, 9.17) is 16.3 Å². The normalized spacial score (nSPS) is 15.9. The van der Waals surface area contributed by atoms with Gasteiger partial charge in [-0.15, -0.1) is 0 Å². The number of ether oxygens (including phenoxy) is 1. The van der Waals surface area contributed by atoms with Crippen molar-refractivity contribution in [1.82, 2.24) is 4.31 Å². The molecule has 0 radical (unpaired) electrons. The van der Waals surface area contributed by atoms with Crippen LogP contribution in [0.25, 0.3) is 0 Å². The van der Waals surface area contributed by atoms with E-state index < -0.39 is 10.0 Å². The standard InChI is InChI=1S/C19H23ClN2O3S/c1-14-4-5-16(13-18(14)20)21-8-10-22(11-9-21)26(23,24)17-6-7-19(25-3)15(2)12-17/h4-7,12-13H,8-11H2,1-3H3. The first-order valence-electron chi connectivity index (χ1n) is 8.49. The minimum Gasteiger partial charge on any atom is -0.496 e. The van der Waals surface area contributed by atoms with E-state index in [-0.39, 0.29) is 0 Å². The van der Waals surface area contributed by atoms with Crippen LogP contribution < -0.4 is 9.64 Å². The maximum Gasteiger partial charge on any atom is 0.243 e. The van der Waals surface area contributed by atoms with Gasteiger partial charge in [0.2, 0.25) is 10.0 Å². The molecule has 3 rings (SSSR count). The number of rotatable bonds is 4. The van der Waals surface area contributed by atoms with Gasteiger partial charge in [-0.2, -0.15) is 4.31 Å². The molecule has 0 atom stereocenters. The number of hydrogen-bond acceptors (Lipinski definition) is 4. The van der Waals surface area contributed by atoms with Gasteiger partial charge in [0.25, 0.3) is 0 Å². The fourth-order valence-electron chi connectivity index (χ4n) is 3.13. The van der Waals surface area contributed by atoms with Crippen LogP contribution in [0, 0.1) is 13.8 Å². The van der Waals surface area contributed by atoms with Gasteiger partial charge in [0.15, 0.2) is 0 Å². The molecule has 0 spiro atoms. The van der Waals surface area contributed by atoms with Gasteiger partial charge >= 0.3 is 0 Å². The third-order valence-corrected chi connectivity index (χ3v) is 7.07. The Bertz CT molecular complexity index is 907. The summed E-state index contributed by atoms with van der Waals surface area (Å²) in [7, 11) is -1.93. The summed E-state index contributed by atoms with van der Waals surface area (Å²) in [5.74, 6) is 0.685. The minimum atomic E-state index is -3.50. The molecular weight excluding hydrogens is 372 g/mol. The van der Waals surface area contributed by atoms with Crippen LogP contribution in [0.4, 0.5) is 5.69 Å². The molecule has 0 amide bonds. The number of anilines is 1. The predicted octanol–water partition coefficient (Wildman–Crippen LogP) is 3.48. The second kappa shape index (κ2) is 7.47. The zero-order valence-corrected chi connectivity index (χ0v) is 16.8. The minimum absolute atomic E-state index is 0.308. The van der Waals surface area contributed by atoms with Crippen molar-refractivity contribution in [2.24, 2.45) is 0 Å². The summed E-state index contributed by atoms with van der Waals surface area (Å²) in [6.07, 6.45) is 0. The Morgan fingerprint density at radius 1 is 0.962 bits per heavy atom. The first kappa shape index (κ1) is 19.0. The van der Waals surface area contributed by atoms with Crippen LogP contribution >= 0.6 is 11.6 Å². The SMILES string of the molecule is COc1ccc(S(=O)(=O)N2CCN(c3ccc(C)c(Cl)c3)CC2)cc1C. The number of halogens is 1. The Hall–Kier alpha value is -1.76. The molecule has 1 aliphatic heterocycles. The highest BCUT2D eigenvalue weighted by atomic mass is 35.5. The topological polar surface area (TPSA) is 49.9 Å². The number of aryl methyl sites for hydroxylation is 2. The van der Waals surface area contributed by atoms with E-state index in [9.17, 15) is 8.42 Å². The van der Waals surface area contributed by atoms with Gasteiger partial charge < -0.3 is 9.64 Å². The number of sulfonamides is 1. The first-order valence-corrected chi connectivity index (χ1v) is 10.3.